The van der Waals surface area contributed by atoms with Crippen LogP contribution in [0.1, 0.15) is 19.3 Å². The van der Waals surface area contributed by atoms with Crippen molar-refractivity contribution in [3.63, 3.8) is 0 Å². The van der Waals surface area contributed by atoms with Gasteiger partial charge in [-0.3, -0.25) is 9.36 Å². The topological polar surface area (TPSA) is 67.2 Å². The summed E-state index contributed by atoms with van der Waals surface area (Å²) >= 11 is 9.42. The average molecular weight is 413 g/mol. The molecule has 5 nitrogen and oxygen atoms in total. The van der Waals surface area contributed by atoms with Gasteiger partial charge in [-0.2, -0.15) is 0 Å². The number of aliphatic hydroxyl groups is 1. The lowest BCUT2D eigenvalue weighted by Gasteiger charge is -2.29. The molecule has 7 heteroatoms. The molecule has 0 amide bonds. The summed E-state index contributed by atoms with van der Waals surface area (Å²) in [5.41, 5.74) is 1.33. The van der Waals surface area contributed by atoms with Gasteiger partial charge in [0.2, 0.25) is 0 Å². The fraction of sp³-hybridized carbons (Fsp3) is 0.412. The number of nitrogens with zero attached hydrogens (tertiary/aromatic N) is 2. The summed E-state index contributed by atoms with van der Waals surface area (Å²) in [6.45, 7) is 5.34. The Morgan fingerprint density at radius 3 is 3.08 bits per heavy atom. The predicted molar refractivity (Wildman–Crippen MR) is 99.5 cm³/mol. The minimum atomic E-state index is -0.363. The second-order valence-corrected chi connectivity index (χ2v) is 7.45. The van der Waals surface area contributed by atoms with Crippen LogP contribution in [0.25, 0.3) is 10.9 Å². The Bertz CT molecular complexity index is 836. The highest BCUT2D eigenvalue weighted by Gasteiger charge is 2.23. The van der Waals surface area contributed by atoms with E-state index in [9.17, 15) is 9.90 Å². The van der Waals surface area contributed by atoms with Crippen LogP contribution in [-0.4, -0.2) is 33.3 Å². The van der Waals surface area contributed by atoms with Gasteiger partial charge >= 0.3 is 0 Å². The van der Waals surface area contributed by atoms with Crippen LogP contribution < -0.4 is 10.9 Å². The van der Waals surface area contributed by atoms with Crippen LogP contribution in [0.3, 0.4) is 0 Å². The van der Waals surface area contributed by atoms with Crippen molar-refractivity contribution in [2.45, 2.75) is 38.0 Å². The van der Waals surface area contributed by atoms with E-state index in [0.29, 0.717) is 33.4 Å². The zero-order valence-electron chi connectivity index (χ0n) is 13.1. The van der Waals surface area contributed by atoms with Crippen LogP contribution in [0.2, 0.25) is 5.02 Å². The van der Waals surface area contributed by atoms with Crippen molar-refractivity contribution in [2.75, 3.05) is 6.54 Å². The van der Waals surface area contributed by atoms with E-state index in [1.54, 1.807) is 12.1 Å². The number of halogens is 2. The Morgan fingerprint density at radius 2 is 2.33 bits per heavy atom. The number of aliphatic hydroxyl groups excluding tert-OH is 1. The lowest BCUT2D eigenvalue weighted by molar-refractivity contribution is 0.0959. The van der Waals surface area contributed by atoms with Crippen LogP contribution in [0, 0.1) is 0 Å². The molecule has 2 heterocycles. The molecule has 1 aromatic carbocycles. The fourth-order valence-electron chi connectivity index (χ4n) is 3.03. The quantitative estimate of drug-likeness (QED) is 0.758. The molecule has 24 heavy (non-hydrogen) atoms. The number of rotatable bonds is 4. The van der Waals surface area contributed by atoms with Gasteiger partial charge in [0.05, 0.1) is 28.4 Å². The van der Waals surface area contributed by atoms with Crippen LogP contribution in [0.4, 0.5) is 0 Å². The number of benzene rings is 1. The molecule has 1 aliphatic heterocycles. The zero-order valence-corrected chi connectivity index (χ0v) is 15.5. The monoisotopic (exact) mass is 411 g/mol. The molecule has 2 aromatic rings. The minimum Gasteiger partial charge on any atom is -0.391 e. The van der Waals surface area contributed by atoms with E-state index >= 15 is 0 Å². The molecular weight excluding hydrogens is 394 g/mol. The highest BCUT2D eigenvalue weighted by Crippen LogP contribution is 2.25. The molecule has 1 fully saturated rings. The summed E-state index contributed by atoms with van der Waals surface area (Å²) in [6, 6.07) is 3.36. The SMILES string of the molecule is C=C(C[C@@H]1NCCC[C@H]1O)Cn1cnc2cc(Br)c(Cl)cc2c1=O. The van der Waals surface area contributed by atoms with Crippen molar-refractivity contribution in [1.82, 2.24) is 14.9 Å². The molecule has 0 unspecified atom stereocenters. The highest BCUT2D eigenvalue weighted by atomic mass is 79.9. The van der Waals surface area contributed by atoms with Gasteiger partial charge in [0.25, 0.3) is 5.56 Å². The van der Waals surface area contributed by atoms with Gasteiger partial charge in [0.1, 0.15) is 0 Å². The van der Waals surface area contributed by atoms with Crippen molar-refractivity contribution >= 4 is 38.4 Å². The standard InChI is InChI=1S/C17H19BrClN3O2/c1-10(5-15-16(23)3-2-4-20-15)8-22-9-21-14-7-12(18)13(19)6-11(14)17(22)24/h6-7,9,15-16,20,23H,1-5,8H2/t15-,16+/m0/s1. The van der Waals surface area contributed by atoms with Crippen LogP contribution >= 0.6 is 27.5 Å². The van der Waals surface area contributed by atoms with Gasteiger partial charge in [0.15, 0.2) is 0 Å². The Kier molecular flexibility index (Phi) is 5.39. The molecule has 0 saturated carbocycles. The first-order chi connectivity index (χ1) is 11.5. The third-order valence-electron chi connectivity index (χ3n) is 4.32. The molecular formula is C17H19BrClN3O2. The molecule has 0 aliphatic carbocycles. The number of hydrogen-bond donors (Lipinski definition) is 2. The van der Waals surface area contributed by atoms with Crippen molar-refractivity contribution in [2.24, 2.45) is 0 Å². The number of fused-ring (bicyclic) bond motifs is 1. The highest BCUT2D eigenvalue weighted by molar-refractivity contribution is 9.10. The Labute approximate surface area is 153 Å². The third kappa shape index (κ3) is 3.72. The maximum atomic E-state index is 12.6. The summed E-state index contributed by atoms with van der Waals surface area (Å²) in [4.78, 5) is 17.0. The Balaban J connectivity index is 1.79. The van der Waals surface area contributed by atoms with E-state index in [1.165, 1.54) is 10.9 Å². The number of hydrogen-bond acceptors (Lipinski definition) is 4. The van der Waals surface area contributed by atoms with Crippen LogP contribution in [0.15, 0.2) is 39.9 Å². The Hall–Kier alpha value is -1.21. The van der Waals surface area contributed by atoms with Gasteiger partial charge in [-0.05, 0) is 53.9 Å². The second-order valence-electron chi connectivity index (χ2n) is 6.19. The first kappa shape index (κ1) is 17.6. The van der Waals surface area contributed by atoms with Crippen molar-refractivity contribution in [1.29, 1.82) is 0 Å². The van der Waals surface area contributed by atoms with Gasteiger partial charge in [-0.15, -0.1) is 0 Å². The van der Waals surface area contributed by atoms with E-state index in [-0.39, 0.29) is 17.7 Å². The van der Waals surface area contributed by atoms with E-state index in [0.717, 1.165) is 25.0 Å². The first-order valence-corrected chi connectivity index (χ1v) is 9.05. The average Bonchev–Trinajstić information content (AvgIpc) is 2.54. The molecule has 0 bridgehead atoms. The lowest BCUT2D eigenvalue weighted by atomic mass is 9.95. The van der Waals surface area contributed by atoms with Gasteiger partial charge in [0, 0.05) is 17.1 Å². The van der Waals surface area contributed by atoms with E-state index < -0.39 is 0 Å². The van der Waals surface area contributed by atoms with Gasteiger partial charge < -0.3 is 10.4 Å². The molecule has 3 rings (SSSR count). The van der Waals surface area contributed by atoms with Gasteiger partial charge in [-0.1, -0.05) is 23.8 Å². The molecule has 2 N–H and O–H groups in total. The van der Waals surface area contributed by atoms with Gasteiger partial charge in [-0.25, -0.2) is 4.98 Å². The molecule has 1 aromatic heterocycles. The van der Waals surface area contributed by atoms with Crippen LogP contribution in [-0.2, 0) is 6.54 Å². The van der Waals surface area contributed by atoms with E-state index in [4.69, 9.17) is 11.6 Å². The normalized spacial score (nSPS) is 21.1. The smallest absolute Gasteiger partial charge is 0.261 e. The fourth-order valence-corrected chi connectivity index (χ4v) is 3.52. The van der Waals surface area contributed by atoms with Crippen LogP contribution in [0.5, 0.6) is 0 Å². The predicted octanol–water partition coefficient (Wildman–Crippen LogP) is 2.87. The number of piperidine rings is 1. The molecule has 0 spiro atoms. The van der Waals surface area contributed by atoms with Crippen molar-refractivity contribution in [3.05, 3.63) is 50.5 Å². The second kappa shape index (κ2) is 7.35. The maximum absolute atomic E-state index is 12.6. The molecule has 1 aliphatic rings. The first-order valence-electron chi connectivity index (χ1n) is 7.88. The summed E-state index contributed by atoms with van der Waals surface area (Å²) in [6.07, 6.45) is 3.58. The largest absolute Gasteiger partial charge is 0.391 e. The Morgan fingerprint density at radius 1 is 1.54 bits per heavy atom. The summed E-state index contributed by atoms with van der Waals surface area (Å²) in [7, 11) is 0. The molecule has 0 radical (unpaired) electrons. The summed E-state index contributed by atoms with van der Waals surface area (Å²) < 4.78 is 2.24. The minimum absolute atomic E-state index is 0.000711. The zero-order chi connectivity index (χ0) is 17.3. The summed E-state index contributed by atoms with van der Waals surface area (Å²) in [5.74, 6) is 0. The molecule has 1 saturated heterocycles. The third-order valence-corrected chi connectivity index (χ3v) is 5.51. The molecule has 2 atom stereocenters. The van der Waals surface area contributed by atoms with Crippen molar-refractivity contribution in [3.8, 4) is 0 Å². The number of nitrogens with one attached hydrogen (secondary N) is 1. The maximum Gasteiger partial charge on any atom is 0.261 e. The summed E-state index contributed by atoms with van der Waals surface area (Å²) in [5, 5.41) is 14.3. The lowest BCUT2D eigenvalue weighted by Crippen LogP contribution is -2.45. The van der Waals surface area contributed by atoms with E-state index in [1.807, 2.05) is 0 Å². The van der Waals surface area contributed by atoms with E-state index in [2.05, 4.69) is 32.8 Å². The molecule has 128 valence electrons. The van der Waals surface area contributed by atoms with Crippen molar-refractivity contribution < 1.29 is 5.11 Å². The number of aromatic nitrogens is 2.